The van der Waals surface area contributed by atoms with Gasteiger partial charge in [0.2, 0.25) is 0 Å². The van der Waals surface area contributed by atoms with E-state index in [1.165, 1.54) is 43.3 Å². The highest BCUT2D eigenvalue weighted by atomic mass is 35.5. The molecule has 26 heavy (non-hydrogen) atoms. The smallest absolute Gasteiger partial charge is 0.279 e. The Morgan fingerprint density at radius 3 is 2.31 bits per heavy atom. The summed E-state index contributed by atoms with van der Waals surface area (Å²) >= 11 is 12.0. The second-order valence-electron chi connectivity index (χ2n) is 5.16. The summed E-state index contributed by atoms with van der Waals surface area (Å²) < 4.78 is 18.2. The van der Waals surface area contributed by atoms with Crippen molar-refractivity contribution in [3.63, 3.8) is 0 Å². The zero-order valence-corrected chi connectivity index (χ0v) is 15.1. The third kappa shape index (κ3) is 5.75. The quantitative estimate of drug-likeness (QED) is 0.597. The van der Waals surface area contributed by atoms with Crippen LogP contribution < -0.4 is 15.6 Å². The first-order valence-electron chi connectivity index (χ1n) is 7.51. The lowest BCUT2D eigenvalue weighted by Crippen LogP contribution is -2.46. The van der Waals surface area contributed by atoms with Crippen LogP contribution >= 0.6 is 23.2 Å². The predicted molar refractivity (Wildman–Crippen MR) is 98.3 cm³/mol. The second kappa shape index (κ2) is 9.22. The fraction of sp³-hybridized carbons (Fsp3) is 0.111. The molecule has 136 valence electrons. The lowest BCUT2D eigenvalue weighted by atomic mass is 10.2. The largest absolute Gasteiger partial charge is 0.481 e. The first-order chi connectivity index (χ1) is 12.4. The molecule has 0 aliphatic heterocycles. The summed E-state index contributed by atoms with van der Waals surface area (Å²) in [6, 6.07) is 10.2. The third-order valence-electron chi connectivity index (χ3n) is 3.21. The number of carbonyl (C=O) groups is 2. The molecule has 0 aromatic heterocycles. The van der Waals surface area contributed by atoms with Gasteiger partial charge in [0, 0.05) is 21.7 Å². The SMILES string of the molecule is C[C@H](Oc1ccc(F)cc1)C(=O)NNC(=O)/C=C/c1c(Cl)cccc1Cl. The highest BCUT2D eigenvalue weighted by molar-refractivity contribution is 6.37. The van der Waals surface area contributed by atoms with Gasteiger partial charge in [-0.05, 0) is 49.4 Å². The van der Waals surface area contributed by atoms with Crippen LogP contribution in [0.4, 0.5) is 4.39 Å². The third-order valence-corrected chi connectivity index (χ3v) is 3.86. The molecular weight excluding hydrogens is 382 g/mol. The van der Waals surface area contributed by atoms with Gasteiger partial charge in [-0.2, -0.15) is 0 Å². The van der Waals surface area contributed by atoms with E-state index < -0.39 is 23.7 Å². The molecule has 2 aromatic rings. The van der Waals surface area contributed by atoms with Gasteiger partial charge in [-0.25, -0.2) is 4.39 Å². The van der Waals surface area contributed by atoms with Crippen LogP contribution in [0.2, 0.25) is 10.0 Å². The molecule has 0 heterocycles. The van der Waals surface area contributed by atoms with Crippen LogP contribution in [0.1, 0.15) is 12.5 Å². The van der Waals surface area contributed by atoms with E-state index in [-0.39, 0.29) is 0 Å². The molecule has 0 radical (unpaired) electrons. The van der Waals surface area contributed by atoms with Crippen LogP contribution in [0.15, 0.2) is 48.5 Å². The number of ether oxygens (including phenoxy) is 1. The maximum absolute atomic E-state index is 12.8. The molecule has 0 saturated carbocycles. The molecule has 0 spiro atoms. The van der Waals surface area contributed by atoms with Crippen LogP contribution in [0.25, 0.3) is 6.08 Å². The van der Waals surface area contributed by atoms with Crippen molar-refractivity contribution in [3.05, 3.63) is 70.0 Å². The highest BCUT2D eigenvalue weighted by Gasteiger charge is 2.15. The Bertz CT molecular complexity index is 805. The predicted octanol–water partition coefficient (Wildman–Crippen LogP) is 3.76. The molecule has 0 aliphatic carbocycles. The Balaban J connectivity index is 1.85. The lowest BCUT2D eigenvalue weighted by molar-refractivity contribution is -0.131. The zero-order valence-electron chi connectivity index (χ0n) is 13.6. The maximum atomic E-state index is 12.8. The van der Waals surface area contributed by atoms with Crippen molar-refractivity contribution >= 4 is 41.1 Å². The Labute approximate surface area is 159 Å². The Morgan fingerprint density at radius 1 is 1.08 bits per heavy atom. The Kier molecular flexibility index (Phi) is 7.00. The van der Waals surface area contributed by atoms with Crippen molar-refractivity contribution < 1.29 is 18.7 Å². The van der Waals surface area contributed by atoms with Crippen LogP contribution in [0.5, 0.6) is 5.75 Å². The molecule has 2 aromatic carbocycles. The monoisotopic (exact) mass is 396 g/mol. The molecule has 0 aliphatic rings. The standard InChI is InChI=1S/C18H15Cl2FN2O3/c1-11(26-13-7-5-12(21)6-8-13)18(25)23-22-17(24)10-9-14-15(19)3-2-4-16(14)20/h2-11H,1H3,(H,22,24)(H,23,25)/b10-9+/t11-/m0/s1. The van der Waals surface area contributed by atoms with Crippen molar-refractivity contribution in [2.75, 3.05) is 0 Å². The fourth-order valence-corrected chi connectivity index (χ4v) is 2.39. The molecule has 2 amide bonds. The molecule has 8 heteroatoms. The average Bonchev–Trinajstić information content (AvgIpc) is 2.61. The summed E-state index contributed by atoms with van der Waals surface area (Å²) in [5, 5.41) is 0.791. The van der Waals surface area contributed by atoms with Crippen LogP contribution in [-0.2, 0) is 9.59 Å². The maximum Gasteiger partial charge on any atom is 0.279 e. The molecule has 0 bridgehead atoms. The van der Waals surface area contributed by atoms with Gasteiger partial charge in [0.1, 0.15) is 11.6 Å². The Morgan fingerprint density at radius 2 is 1.69 bits per heavy atom. The van der Waals surface area contributed by atoms with Crippen LogP contribution in [0, 0.1) is 5.82 Å². The van der Waals surface area contributed by atoms with E-state index in [2.05, 4.69) is 10.9 Å². The summed E-state index contributed by atoms with van der Waals surface area (Å²) in [6.07, 6.45) is 1.71. The number of hydrazine groups is 1. The van der Waals surface area contributed by atoms with E-state index in [9.17, 15) is 14.0 Å². The summed E-state index contributed by atoms with van der Waals surface area (Å²) in [4.78, 5) is 23.7. The first-order valence-corrected chi connectivity index (χ1v) is 8.26. The molecule has 2 rings (SSSR count). The van der Waals surface area contributed by atoms with E-state index >= 15 is 0 Å². The number of halogens is 3. The molecule has 5 nitrogen and oxygen atoms in total. The number of benzene rings is 2. The minimum Gasteiger partial charge on any atom is -0.481 e. The van der Waals surface area contributed by atoms with Gasteiger partial charge >= 0.3 is 0 Å². The van der Waals surface area contributed by atoms with Gasteiger partial charge in [-0.3, -0.25) is 20.4 Å². The summed E-state index contributed by atoms with van der Waals surface area (Å²) in [6.45, 7) is 1.49. The number of carbonyl (C=O) groups excluding carboxylic acids is 2. The number of nitrogens with one attached hydrogen (secondary N) is 2. The van der Waals surface area contributed by atoms with Gasteiger partial charge in [0.05, 0.1) is 0 Å². The number of hydrogen-bond acceptors (Lipinski definition) is 3. The van der Waals surface area contributed by atoms with Crippen molar-refractivity contribution in [1.82, 2.24) is 10.9 Å². The molecule has 0 fully saturated rings. The average molecular weight is 397 g/mol. The number of rotatable bonds is 5. The molecule has 0 unspecified atom stereocenters. The topological polar surface area (TPSA) is 67.4 Å². The number of hydrogen-bond donors (Lipinski definition) is 2. The normalized spacial score (nSPS) is 11.8. The molecule has 1 atom stereocenters. The van der Waals surface area contributed by atoms with Gasteiger partial charge in [-0.1, -0.05) is 29.3 Å². The van der Waals surface area contributed by atoms with E-state index in [1.807, 2.05) is 0 Å². The first kappa shape index (κ1) is 19.8. The lowest BCUT2D eigenvalue weighted by Gasteiger charge is -2.14. The van der Waals surface area contributed by atoms with Crippen molar-refractivity contribution in [1.29, 1.82) is 0 Å². The minimum atomic E-state index is -0.900. The summed E-state index contributed by atoms with van der Waals surface area (Å²) in [5.41, 5.74) is 4.93. The van der Waals surface area contributed by atoms with Crippen LogP contribution in [-0.4, -0.2) is 17.9 Å². The minimum absolute atomic E-state index is 0.327. The summed E-state index contributed by atoms with van der Waals surface area (Å²) in [5.74, 6) is -1.24. The summed E-state index contributed by atoms with van der Waals surface area (Å²) in [7, 11) is 0. The molecule has 2 N–H and O–H groups in total. The second-order valence-corrected chi connectivity index (χ2v) is 5.98. The molecular formula is C18H15Cl2FN2O3. The van der Waals surface area contributed by atoms with Gasteiger partial charge < -0.3 is 4.74 Å². The fourth-order valence-electron chi connectivity index (χ4n) is 1.87. The van der Waals surface area contributed by atoms with E-state index in [1.54, 1.807) is 18.2 Å². The van der Waals surface area contributed by atoms with Crippen molar-refractivity contribution in [2.45, 2.75) is 13.0 Å². The van der Waals surface area contributed by atoms with Gasteiger partial charge in [0.15, 0.2) is 6.10 Å². The Hall–Kier alpha value is -2.57. The van der Waals surface area contributed by atoms with E-state index in [0.717, 1.165) is 0 Å². The van der Waals surface area contributed by atoms with Crippen molar-refractivity contribution in [3.8, 4) is 5.75 Å². The van der Waals surface area contributed by atoms with E-state index in [0.29, 0.717) is 21.4 Å². The molecule has 0 saturated heterocycles. The number of amides is 2. The van der Waals surface area contributed by atoms with Crippen molar-refractivity contribution in [2.24, 2.45) is 0 Å². The van der Waals surface area contributed by atoms with Gasteiger partial charge in [0.25, 0.3) is 11.8 Å². The zero-order chi connectivity index (χ0) is 19.1. The van der Waals surface area contributed by atoms with E-state index in [4.69, 9.17) is 27.9 Å². The van der Waals surface area contributed by atoms with Gasteiger partial charge in [-0.15, -0.1) is 0 Å². The highest BCUT2D eigenvalue weighted by Crippen LogP contribution is 2.25. The van der Waals surface area contributed by atoms with Crippen LogP contribution in [0.3, 0.4) is 0 Å².